The molecule has 0 heterocycles. The molecule has 0 amide bonds. The highest BCUT2D eigenvalue weighted by Crippen LogP contribution is 2.21. The fraction of sp³-hybridized carbons (Fsp3) is 0.842. The molecule has 0 aliphatic heterocycles. The summed E-state index contributed by atoms with van der Waals surface area (Å²) in [5.74, 6) is 1.92. The van der Waals surface area contributed by atoms with Gasteiger partial charge in [-0.05, 0) is 33.1 Å². The Morgan fingerprint density at radius 3 is 2.48 bits per heavy atom. The van der Waals surface area contributed by atoms with Gasteiger partial charge in [0, 0.05) is 24.5 Å². The number of carboxylic acid groups (broad SMARTS) is 1. The van der Waals surface area contributed by atoms with Crippen LogP contribution in [0.1, 0.15) is 53.9 Å². The van der Waals surface area contributed by atoms with E-state index in [0.717, 1.165) is 25.2 Å². The maximum atomic E-state index is 10.4. The van der Waals surface area contributed by atoms with Crippen LogP contribution in [0, 0.1) is 5.92 Å². The lowest BCUT2D eigenvalue weighted by Gasteiger charge is -2.30. The molecular weight excluding hydrogens is 340 g/mol. The van der Waals surface area contributed by atoms with E-state index < -0.39 is 5.97 Å². The van der Waals surface area contributed by atoms with Gasteiger partial charge < -0.3 is 19.3 Å². The number of carboxylic acids is 1. The first-order chi connectivity index (χ1) is 11.6. The van der Waals surface area contributed by atoms with Crippen molar-refractivity contribution in [1.29, 1.82) is 0 Å². The van der Waals surface area contributed by atoms with Crippen molar-refractivity contribution in [2.75, 3.05) is 31.3 Å². The summed E-state index contributed by atoms with van der Waals surface area (Å²) in [6, 6.07) is 0. The molecule has 0 fully saturated rings. The van der Waals surface area contributed by atoms with Crippen LogP contribution < -0.4 is 0 Å². The van der Waals surface area contributed by atoms with E-state index in [0.29, 0.717) is 30.6 Å². The predicted octanol–water partition coefficient (Wildman–Crippen LogP) is 4.36. The van der Waals surface area contributed by atoms with Crippen LogP contribution in [0.2, 0.25) is 0 Å². The largest absolute Gasteiger partial charge is 0.493 e. The maximum absolute atomic E-state index is 10.4. The first kappa shape index (κ1) is 24.3. The van der Waals surface area contributed by atoms with Crippen molar-refractivity contribution < 1.29 is 24.1 Å². The third kappa shape index (κ3) is 16.5. The van der Waals surface area contributed by atoms with Gasteiger partial charge in [-0.1, -0.05) is 20.4 Å². The van der Waals surface area contributed by atoms with Gasteiger partial charge in [-0.15, -0.1) is 0 Å². The summed E-state index contributed by atoms with van der Waals surface area (Å²) in [6.45, 7) is 16.0. The summed E-state index contributed by atoms with van der Waals surface area (Å²) < 4.78 is 17.5. The second-order valence-electron chi connectivity index (χ2n) is 7.27. The fourth-order valence-electron chi connectivity index (χ4n) is 2.19. The zero-order valence-corrected chi connectivity index (χ0v) is 17.3. The average molecular weight is 377 g/mol. The normalized spacial score (nSPS) is 13.0. The van der Waals surface area contributed by atoms with Crippen LogP contribution in [0.5, 0.6) is 0 Å². The van der Waals surface area contributed by atoms with Gasteiger partial charge in [0.25, 0.3) is 0 Å². The third-order valence-corrected chi connectivity index (χ3v) is 4.36. The van der Waals surface area contributed by atoms with Crippen molar-refractivity contribution in [3.05, 3.63) is 12.3 Å². The van der Waals surface area contributed by atoms with E-state index >= 15 is 0 Å². The van der Waals surface area contributed by atoms with E-state index in [1.807, 2.05) is 6.92 Å². The van der Waals surface area contributed by atoms with Gasteiger partial charge in [-0.3, -0.25) is 4.79 Å². The molecule has 0 aromatic carbocycles. The standard InChI is InChI=1S/C19H36O5S/c1-15(2)7-9-23-19(5,6)13-17(24-16(3)4)14-22-10-12-25-11-8-18(20)21/h15,17H,3,7-14H2,1-2,4-6H3,(H,20,21). The quantitative estimate of drug-likeness (QED) is 0.319. The molecular formula is C19H36O5S. The Morgan fingerprint density at radius 1 is 1.24 bits per heavy atom. The lowest BCUT2D eigenvalue weighted by Crippen LogP contribution is -2.34. The number of carbonyl (C=O) groups is 1. The van der Waals surface area contributed by atoms with E-state index in [1.165, 1.54) is 0 Å². The van der Waals surface area contributed by atoms with Gasteiger partial charge in [0.1, 0.15) is 6.10 Å². The zero-order chi connectivity index (χ0) is 19.3. The van der Waals surface area contributed by atoms with Crippen molar-refractivity contribution >= 4 is 17.7 Å². The monoisotopic (exact) mass is 376 g/mol. The Kier molecular flexibility index (Phi) is 13.1. The van der Waals surface area contributed by atoms with Crippen LogP contribution in [-0.2, 0) is 19.0 Å². The number of aliphatic carboxylic acids is 1. The van der Waals surface area contributed by atoms with E-state index in [2.05, 4.69) is 34.3 Å². The summed E-state index contributed by atoms with van der Waals surface area (Å²) in [6.07, 6.45) is 1.85. The van der Waals surface area contributed by atoms with Gasteiger partial charge >= 0.3 is 5.97 Å². The maximum Gasteiger partial charge on any atom is 0.304 e. The van der Waals surface area contributed by atoms with Gasteiger partial charge in [0.2, 0.25) is 0 Å². The van der Waals surface area contributed by atoms with Crippen LogP contribution in [0.25, 0.3) is 0 Å². The highest BCUT2D eigenvalue weighted by molar-refractivity contribution is 7.99. The van der Waals surface area contributed by atoms with Crippen molar-refractivity contribution in [2.45, 2.75) is 65.6 Å². The van der Waals surface area contributed by atoms with Gasteiger partial charge in [-0.2, -0.15) is 11.8 Å². The number of ether oxygens (including phenoxy) is 3. The van der Waals surface area contributed by atoms with E-state index in [4.69, 9.17) is 19.3 Å². The molecule has 0 aliphatic rings. The van der Waals surface area contributed by atoms with Crippen LogP contribution in [0.4, 0.5) is 0 Å². The fourth-order valence-corrected chi connectivity index (χ4v) is 2.95. The van der Waals surface area contributed by atoms with Gasteiger partial charge in [0.05, 0.1) is 31.0 Å². The van der Waals surface area contributed by atoms with Crippen molar-refractivity contribution in [2.24, 2.45) is 5.92 Å². The van der Waals surface area contributed by atoms with Crippen molar-refractivity contribution in [3.63, 3.8) is 0 Å². The topological polar surface area (TPSA) is 65.0 Å². The molecule has 1 unspecified atom stereocenters. The first-order valence-electron chi connectivity index (χ1n) is 8.96. The van der Waals surface area contributed by atoms with Crippen LogP contribution in [-0.4, -0.2) is 54.1 Å². The Balaban J connectivity index is 4.13. The van der Waals surface area contributed by atoms with Gasteiger partial charge in [-0.25, -0.2) is 0 Å². The van der Waals surface area contributed by atoms with Crippen LogP contribution >= 0.6 is 11.8 Å². The average Bonchev–Trinajstić information content (AvgIpc) is 2.43. The number of rotatable bonds is 16. The summed E-state index contributed by atoms with van der Waals surface area (Å²) in [7, 11) is 0. The number of allylic oxidation sites excluding steroid dienone is 1. The number of hydrogen-bond acceptors (Lipinski definition) is 5. The number of thioether (sulfide) groups is 1. The molecule has 1 atom stereocenters. The highest BCUT2D eigenvalue weighted by Gasteiger charge is 2.25. The molecule has 148 valence electrons. The second kappa shape index (κ2) is 13.5. The molecule has 0 saturated carbocycles. The van der Waals surface area contributed by atoms with Crippen LogP contribution in [0.15, 0.2) is 12.3 Å². The molecule has 0 aromatic heterocycles. The Labute approximate surface area is 157 Å². The van der Waals surface area contributed by atoms with E-state index in [1.54, 1.807) is 11.8 Å². The van der Waals surface area contributed by atoms with Gasteiger partial charge in [0.15, 0.2) is 0 Å². The smallest absolute Gasteiger partial charge is 0.304 e. The predicted molar refractivity (Wildman–Crippen MR) is 104 cm³/mol. The first-order valence-corrected chi connectivity index (χ1v) is 10.1. The Morgan fingerprint density at radius 2 is 1.92 bits per heavy atom. The number of hydrogen-bond donors (Lipinski definition) is 1. The molecule has 0 spiro atoms. The van der Waals surface area contributed by atoms with Crippen molar-refractivity contribution in [3.8, 4) is 0 Å². The molecule has 1 N–H and O–H groups in total. The second-order valence-corrected chi connectivity index (χ2v) is 8.49. The molecule has 0 rings (SSSR count). The van der Waals surface area contributed by atoms with Crippen LogP contribution in [0.3, 0.4) is 0 Å². The summed E-state index contributed by atoms with van der Waals surface area (Å²) in [5, 5.41) is 8.59. The third-order valence-electron chi connectivity index (χ3n) is 3.41. The molecule has 0 radical (unpaired) electrons. The minimum atomic E-state index is -0.761. The molecule has 5 nitrogen and oxygen atoms in total. The van der Waals surface area contributed by atoms with E-state index in [-0.39, 0.29) is 18.1 Å². The molecule has 0 bridgehead atoms. The SMILES string of the molecule is C=C(C)OC(COCCSCCC(=O)O)CC(C)(C)OCCC(C)C. The molecule has 0 aliphatic carbocycles. The highest BCUT2D eigenvalue weighted by atomic mass is 32.2. The minimum Gasteiger partial charge on any atom is -0.493 e. The zero-order valence-electron chi connectivity index (χ0n) is 16.5. The molecule has 0 saturated heterocycles. The summed E-state index contributed by atoms with van der Waals surface area (Å²) >= 11 is 1.59. The lowest BCUT2D eigenvalue weighted by molar-refractivity contribution is -0.136. The van der Waals surface area contributed by atoms with Crippen molar-refractivity contribution in [1.82, 2.24) is 0 Å². The molecule has 0 aromatic rings. The minimum absolute atomic E-state index is 0.101. The van der Waals surface area contributed by atoms with E-state index in [9.17, 15) is 4.79 Å². The Bertz CT molecular complexity index is 382. The summed E-state index contributed by atoms with van der Waals surface area (Å²) in [5.41, 5.74) is -0.283. The Hall–Kier alpha value is -0.720. The molecule has 25 heavy (non-hydrogen) atoms. The lowest BCUT2D eigenvalue weighted by atomic mass is 10.0. The molecule has 6 heteroatoms. The summed E-state index contributed by atoms with van der Waals surface area (Å²) in [4.78, 5) is 10.4.